The van der Waals surface area contributed by atoms with E-state index in [9.17, 15) is 24.2 Å². The second-order valence-electron chi connectivity index (χ2n) is 6.04. The van der Waals surface area contributed by atoms with E-state index in [1.807, 2.05) is 0 Å². The Balaban J connectivity index is 1.90. The van der Waals surface area contributed by atoms with Crippen LogP contribution >= 0.6 is 23.2 Å². The minimum Gasteiger partial charge on any atom is -0.493 e. The third-order valence-corrected chi connectivity index (χ3v) is 4.59. The van der Waals surface area contributed by atoms with Crippen LogP contribution in [0.5, 0.6) is 5.88 Å². The molecule has 1 amide bonds. The maximum Gasteiger partial charge on any atom is 0.305 e. The summed E-state index contributed by atoms with van der Waals surface area (Å²) in [6.07, 6.45) is -0.451. The van der Waals surface area contributed by atoms with E-state index in [0.717, 1.165) is 10.7 Å². The van der Waals surface area contributed by atoms with Gasteiger partial charge in [-0.1, -0.05) is 41.4 Å². The maximum atomic E-state index is 14.0. The third kappa shape index (κ3) is 4.67. The van der Waals surface area contributed by atoms with E-state index in [1.165, 1.54) is 36.4 Å². The zero-order valence-electron chi connectivity index (χ0n) is 14.6. The lowest BCUT2D eigenvalue weighted by atomic mass is 10.0. The quantitative estimate of drug-likeness (QED) is 0.541. The Kier molecular flexibility index (Phi) is 6.05. The van der Waals surface area contributed by atoms with Crippen LogP contribution in [0.3, 0.4) is 0 Å². The molecule has 0 aliphatic heterocycles. The first-order chi connectivity index (χ1) is 13.8. The first-order valence-corrected chi connectivity index (χ1v) is 9.03. The van der Waals surface area contributed by atoms with Gasteiger partial charge in [-0.05, 0) is 29.8 Å². The lowest BCUT2D eigenvalue weighted by molar-refractivity contribution is -0.137. The SMILES string of the molecule is O=C(O)C[C@H](NC(=O)c1cc(O)n(-c2ccccc2F)n1)c1ccc(Cl)cc1Cl. The van der Waals surface area contributed by atoms with Crippen molar-refractivity contribution in [2.45, 2.75) is 12.5 Å². The summed E-state index contributed by atoms with van der Waals surface area (Å²) in [5.74, 6) is -3.04. The number of carboxylic acids is 1. The molecule has 0 bridgehead atoms. The number of carbonyl (C=O) groups excluding carboxylic acids is 1. The van der Waals surface area contributed by atoms with E-state index in [2.05, 4.69) is 10.4 Å². The van der Waals surface area contributed by atoms with Crippen molar-refractivity contribution in [1.29, 1.82) is 0 Å². The van der Waals surface area contributed by atoms with Gasteiger partial charge in [0.15, 0.2) is 5.69 Å². The van der Waals surface area contributed by atoms with Crippen molar-refractivity contribution < 1.29 is 24.2 Å². The molecule has 0 radical (unpaired) electrons. The van der Waals surface area contributed by atoms with Gasteiger partial charge in [0.1, 0.15) is 11.5 Å². The molecule has 1 aromatic heterocycles. The number of aliphatic carboxylic acids is 1. The van der Waals surface area contributed by atoms with Crippen molar-refractivity contribution >= 4 is 35.1 Å². The van der Waals surface area contributed by atoms with Gasteiger partial charge in [0.25, 0.3) is 5.91 Å². The predicted molar refractivity (Wildman–Crippen MR) is 104 cm³/mol. The fraction of sp³-hybridized carbons (Fsp3) is 0.105. The minimum atomic E-state index is -1.17. The largest absolute Gasteiger partial charge is 0.493 e. The Morgan fingerprint density at radius 2 is 1.90 bits per heavy atom. The summed E-state index contributed by atoms with van der Waals surface area (Å²) in [5.41, 5.74) is 0.0719. The summed E-state index contributed by atoms with van der Waals surface area (Å²) in [6, 6.07) is 10.1. The van der Waals surface area contributed by atoms with E-state index in [-0.39, 0.29) is 16.4 Å². The Morgan fingerprint density at radius 3 is 2.55 bits per heavy atom. The molecule has 1 atom stereocenters. The molecule has 3 aromatic rings. The number of carbonyl (C=O) groups is 2. The number of para-hydroxylation sites is 1. The topological polar surface area (TPSA) is 104 Å². The summed E-state index contributed by atoms with van der Waals surface area (Å²) < 4.78 is 14.8. The molecule has 0 unspecified atom stereocenters. The highest BCUT2D eigenvalue weighted by molar-refractivity contribution is 6.35. The number of hydrogen-bond acceptors (Lipinski definition) is 4. The van der Waals surface area contributed by atoms with Crippen LogP contribution in [-0.4, -0.2) is 31.9 Å². The standard InChI is InChI=1S/C19H14Cl2FN3O4/c20-10-5-6-11(12(21)7-10)14(9-18(27)28)23-19(29)15-8-17(26)25(24-15)16-4-2-1-3-13(16)22/h1-8,14,26H,9H2,(H,23,29)(H,27,28)/t14-/m0/s1. The van der Waals surface area contributed by atoms with Crippen LogP contribution in [0.2, 0.25) is 10.0 Å². The van der Waals surface area contributed by atoms with Crippen molar-refractivity contribution in [3.63, 3.8) is 0 Å². The molecular formula is C19H14Cl2FN3O4. The van der Waals surface area contributed by atoms with E-state index in [1.54, 1.807) is 6.07 Å². The molecule has 0 saturated heterocycles. The molecule has 3 rings (SSSR count). The second kappa shape index (κ2) is 8.50. The van der Waals surface area contributed by atoms with Gasteiger partial charge in [-0.3, -0.25) is 9.59 Å². The Labute approximate surface area is 174 Å². The van der Waals surface area contributed by atoms with Gasteiger partial charge in [0.05, 0.1) is 12.5 Å². The van der Waals surface area contributed by atoms with Gasteiger partial charge in [0.2, 0.25) is 5.88 Å². The lowest BCUT2D eigenvalue weighted by Crippen LogP contribution is -2.30. The normalized spacial score (nSPS) is 11.8. The molecule has 3 N–H and O–H groups in total. The predicted octanol–water partition coefficient (Wildman–Crippen LogP) is 3.97. The van der Waals surface area contributed by atoms with Gasteiger partial charge in [0, 0.05) is 16.1 Å². The van der Waals surface area contributed by atoms with Crippen molar-refractivity contribution in [3.8, 4) is 11.6 Å². The first kappa shape index (κ1) is 20.6. The number of benzene rings is 2. The number of aromatic nitrogens is 2. The van der Waals surface area contributed by atoms with Crippen molar-refractivity contribution in [2.75, 3.05) is 0 Å². The van der Waals surface area contributed by atoms with Gasteiger partial charge in [-0.15, -0.1) is 0 Å². The van der Waals surface area contributed by atoms with E-state index >= 15 is 0 Å². The number of halogens is 3. The second-order valence-corrected chi connectivity index (χ2v) is 6.88. The van der Waals surface area contributed by atoms with Gasteiger partial charge < -0.3 is 15.5 Å². The van der Waals surface area contributed by atoms with E-state index in [0.29, 0.717) is 10.6 Å². The van der Waals surface area contributed by atoms with E-state index in [4.69, 9.17) is 23.2 Å². The molecule has 0 fully saturated rings. The first-order valence-electron chi connectivity index (χ1n) is 8.28. The number of nitrogens with one attached hydrogen (secondary N) is 1. The summed E-state index contributed by atoms with van der Waals surface area (Å²) in [7, 11) is 0. The monoisotopic (exact) mass is 437 g/mol. The summed E-state index contributed by atoms with van der Waals surface area (Å²) in [5, 5.41) is 26.2. The molecule has 0 saturated carbocycles. The number of rotatable bonds is 6. The molecule has 0 aliphatic rings. The molecule has 150 valence electrons. The van der Waals surface area contributed by atoms with Crippen LogP contribution in [0.1, 0.15) is 28.5 Å². The average Bonchev–Trinajstić information content (AvgIpc) is 3.03. The van der Waals surface area contributed by atoms with Crippen LogP contribution in [0.4, 0.5) is 4.39 Å². The van der Waals surface area contributed by atoms with Crippen LogP contribution < -0.4 is 5.32 Å². The van der Waals surface area contributed by atoms with Gasteiger partial charge in [-0.25, -0.2) is 4.39 Å². The molecule has 2 aromatic carbocycles. The highest BCUT2D eigenvalue weighted by atomic mass is 35.5. The Hall–Kier alpha value is -3.10. The summed E-state index contributed by atoms with van der Waals surface area (Å²) in [4.78, 5) is 23.9. The molecule has 29 heavy (non-hydrogen) atoms. The molecule has 1 heterocycles. The van der Waals surface area contributed by atoms with Crippen molar-refractivity contribution in [3.05, 3.63) is 75.7 Å². The molecular weight excluding hydrogens is 424 g/mol. The zero-order chi connectivity index (χ0) is 21.1. The maximum absolute atomic E-state index is 14.0. The lowest BCUT2D eigenvalue weighted by Gasteiger charge is -2.18. The third-order valence-electron chi connectivity index (χ3n) is 4.03. The highest BCUT2D eigenvalue weighted by Gasteiger charge is 2.24. The Bertz CT molecular complexity index is 1090. The van der Waals surface area contributed by atoms with Crippen LogP contribution in [-0.2, 0) is 4.79 Å². The number of hydrogen-bond donors (Lipinski definition) is 3. The zero-order valence-corrected chi connectivity index (χ0v) is 16.2. The van der Waals surface area contributed by atoms with Gasteiger partial charge >= 0.3 is 5.97 Å². The van der Waals surface area contributed by atoms with Crippen LogP contribution in [0.15, 0.2) is 48.5 Å². The van der Waals surface area contributed by atoms with E-state index < -0.39 is 36.0 Å². The molecule has 10 heteroatoms. The fourth-order valence-electron chi connectivity index (χ4n) is 2.71. The van der Waals surface area contributed by atoms with Crippen molar-refractivity contribution in [2.24, 2.45) is 0 Å². The molecule has 0 spiro atoms. The number of nitrogens with zero attached hydrogens (tertiary/aromatic N) is 2. The van der Waals surface area contributed by atoms with Gasteiger partial charge in [-0.2, -0.15) is 9.78 Å². The summed E-state index contributed by atoms with van der Waals surface area (Å²) in [6.45, 7) is 0. The smallest absolute Gasteiger partial charge is 0.305 e. The molecule has 7 nitrogen and oxygen atoms in total. The average molecular weight is 438 g/mol. The van der Waals surface area contributed by atoms with Crippen LogP contribution in [0.25, 0.3) is 5.69 Å². The number of amides is 1. The van der Waals surface area contributed by atoms with Crippen LogP contribution in [0, 0.1) is 5.82 Å². The Morgan fingerprint density at radius 1 is 1.17 bits per heavy atom. The fourth-order valence-corrected chi connectivity index (χ4v) is 3.25. The minimum absolute atomic E-state index is 0.0492. The number of carboxylic acid groups (broad SMARTS) is 1. The molecule has 0 aliphatic carbocycles. The number of aromatic hydroxyl groups is 1. The highest BCUT2D eigenvalue weighted by Crippen LogP contribution is 2.29. The summed E-state index contributed by atoms with van der Waals surface area (Å²) >= 11 is 12.0. The van der Waals surface area contributed by atoms with Crippen molar-refractivity contribution in [1.82, 2.24) is 15.1 Å².